The lowest BCUT2D eigenvalue weighted by Crippen LogP contribution is -2.30. The molecule has 1 saturated carbocycles. The Balaban J connectivity index is 1.65. The van der Waals surface area contributed by atoms with Gasteiger partial charge in [-0.1, -0.05) is 18.2 Å². The first-order valence-corrected chi connectivity index (χ1v) is 8.22. The van der Waals surface area contributed by atoms with Gasteiger partial charge in [-0.05, 0) is 31.4 Å². The SMILES string of the molecule is O=C(c1nc(-c2ccccc2)oc1C1CC1)N1CCC(CO)C1. The van der Waals surface area contributed by atoms with Crippen molar-refractivity contribution in [3.8, 4) is 11.5 Å². The van der Waals surface area contributed by atoms with E-state index in [0.29, 0.717) is 30.6 Å². The lowest BCUT2D eigenvalue weighted by atomic mass is 10.1. The molecule has 0 spiro atoms. The lowest BCUT2D eigenvalue weighted by Gasteiger charge is -2.14. The Morgan fingerprint density at radius 3 is 2.70 bits per heavy atom. The molecule has 5 nitrogen and oxygen atoms in total. The van der Waals surface area contributed by atoms with Gasteiger partial charge >= 0.3 is 0 Å². The van der Waals surface area contributed by atoms with Crippen LogP contribution in [0.1, 0.15) is 41.4 Å². The molecule has 1 aliphatic heterocycles. The number of aromatic nitrogens is 1. The number of hydrogen-bond donors (Lipinski definition) is 1. The minimum Gasteiger partial charge on any atom is -0.440 e. The average Bonchev–Trinajstić information content (AvgIpc) is 3.16. The number of nitrogens with zero attached hydrogens (tertiary/aromatic N) is 2. The van der Waals surface area contributed by atoms with Crippen LogP contribution in [0.5, 0.6) is 0 Å². The molecular formula is C18H20N2O3. The third-order valence-corrected chi connectivity index (χ3v) is 4.66. The minimum absolute atomic E-state index is 0.0613. The number of carbonyl (C=O) groups excluding carboxylic acids is 1. The Kier molecular flexibility index (Phi) is 3.65. The quantitative estimate of drug-likeness (QED) is 0.942. The maximum absolute atomic E-state index is 12.8. The van der Waals surface area contributed by atoms with Gasteiger partial charge in [-0.3, -0.25) is 4.79 Å². The largest absolute Gasteiger partial charge is 0.440 e. The predicted octanol–water partition coefficient (Wildman–Crippen LogP) is 2.67. The first-order chi connectivity index (χ1) is 11.3. The van der Waals surface area contributed by atoms with E-state index in [1.807, 2.05) is 30.3 Å². The van der Waals surface area contributed by atoms with E-state index >= 15 is 0 Å². The highest BCUT2D eigenvalue weighted by Crippen LogP contribution is 2.43. The second-order valence-electron chi connectivity index (χ2n) is 6.46. The fourth-order valence-corrected chi connectivity index (χ4v) is 3.13. The van der Waals surface area contributed by atoms with Crippen LogP contribution in [-0.2, 0) is 0 Å². The van der Waals surface area contributed by atoms with Crippen LogP contribution in [0.15, 0.2) is 34.7 Å². The van der Waals surface area contributed by atoms with Crippen molar-refractivity contribution in [3.05, 3.63) is 41.8 Å². The Morgan fingerprint density at radius 1 is 1.26 bits per heavy atom. The van der Waals surface area contributed by atoms with E-state index in [1.165, 1.54) is 0 Å². The maximum atomic E-state index is 12.8. The van der Waals surface area contributed by atoms with Crippen molar-refractivity contribution in [3.63, 3.8) is 0 Å². The molecule has 1 N–H and O–H groups in total. The molecule has 5 heteroatoms. The summed E-state index contributed by atoms with van der Waals surface area (Å²) in [5, 5.41) is 9.27. The zero-order valence-electron chi connectivity index (χ0n) is 12.9. The predicted molar refractivity (Wildman–Crippen MR) is 85.0 cm³/mol. The van der Waals surface area contributed by atoms with E-state index in [-0.39, 0.29) is 18.4 Å². The van der Waals surface area contributed by atoms with Gasteiger partial charge in [-0.25, -0.2) is 4.98 Å². The normalized spacial score (nSPS) is 20.9. The average molecular weight is 312 g/mol. The van der Waals surface area contributed by atoms with Gasteiger partial charge in [0, 0.05) is 37.1 Å². The smallest absolute Gasteiger partial charge is 0.276 e. The zero-order valence-corrected chi connectivity index (χ0v) is 12.9. The molecule has 1 saturated heterocycles. The standard InChI is InChI=1S/C18H20N2O3/c21-11-12-8-9-20(10-12)18(22)15-16(13-6-7-13)23-17(19-15)14-4-2-1-3-5-14/h1-5,12-13,21H,6-11H2. The molecule has 2 heterocycles. The molecule has 1 aromatic carbocycles. The van der Waals surface area contributed by atoms with Gasteiger partial charge in [0.25, 0.3) is 5.91 Å². The molecule has 1 amide bonds. The van der Waals surface area contributed by atoms with Crippen molar-refractivity contribution in [2.24, 2.45) is 5.92 Å². The van der Waals surface area contributed by atoms with Gasteiger partial charge in [0.15, 0.2) is 5.69 Å². The summed E-state index contributed by atoms with van der Waals surface area (Å²) < 4.78 is 5.95. The molecule has 1 aromatic heterocycles. The van der Waals surface area contributed by atoms with Gasteiger partial charge < -0.3 is 14.4 Å². The minimum atomic E-state index is -0.0613. The molecule has 2 aromatic rings. The molecule has 4 rings (SSSR count). The summed E-state index contributed by atoms with van der Waals surface area (Å²) in [5.74, 6) is 1.71. The van der Waals surface area contributed by atoms with E-state index in [2.05, 4.69) is 4.98 Å². The number of rotatable bonds is 4. The Morgan fingerprint density at radius 2 is 2.04 bits per heavy atom. The van der Waals surface area contributed by atoms with E-state index in [9.17, 15) is 9.90 Å². The second kappa shape index (κ2) is 5.81. The van der Waals surface area contributed by atoms with Gasteiger partial charge in [0.05, 0.1) is 0 Å². The molecule has 0 radical (unpaired) electrons. The van der Waals surface area contributed by atoms with E-state index < -0.39 is 0 Å². The molecule has 1 unspecified atom stereocenters. The van der Waals surface area contributed by atoms with Crippen molar-refractivity contribution in [2.75, 3.05) is 19.7 Å². The van der Waals surface area contributed by atoms with E-state index in [1.54, 1.807) is 4.90 Å². The van der Waals surface area contributed by atoms with E-state index in [4.69, 9.17) is 4.42 Å². The third-order valence-electron chi connectivity index (χ3n) is 4.66. The molecule has 1 atom stereocenters. The van der Waals surface area contributed by atoms with Crippen molar-refractivity contribution in [1.29, 1.82) is 0 Å². The summed E-state index contributed by atoms with van der Waals surface area (Å²) >= 11 is 0. The molecular weight excluding hydrogens is 292 g/mol. The summed E-state index contributed by atoms with van der Waals surface area (Å²) in [6.45, 7) is 1.42. The van der Waals surface area contributed by atoms with Gasteiger partial charge in [0.2, 0.25) is 5.89 Å². The number of likely N-dealkylation sites (tertiary alicyclic amines) is 1. The number of benzene rings is 1. The van der Waals surface area contributed by atoms with Crippen LogP contribution in [0.25, 0.3) is 11.5 Å². The van der Waals surface area contributed by atoms with Crippen molar-refractivity contribution in [2.45, 2.75) is 25.2 Å². The molecule has 1 aliphatic carbocycles. The third kappa shape index (κ3) is 2.77. The van der Waals surface area contributed by atoms with Crippen LogP contribution < -0.4 is 0 Å². The summed E-state index contributed by atoms with van der Waals surface area (Å²) in [7, 11) is 0. The highest BCUT2D eigenvalue weighted by molar-refractivity contribution is 5.94. The lowest BCUT2D eigenvalue weighted by molar-refractivity contribution is 0.0774. The fourth-order valence-electron chi connectivity index (χ4n) is 3.13. The summed E-state index contributed by atoms with van der Waals surface area (Å²) in [6, 6.07) is 9.69. The molecule has 23 heavy (non-hydrogen) atoms. The van der Waals surface area contributed by atoms with Crippen LogP contribution in [0.3, 0.4) is 0 Å². The second-order valence-corrected chi connectivity index (χ2v) is 6.46. The number of aliphatic hydroxyl groups is 1. The van der Waals surface area contributed by atoms with Crippen molar-refractivity contribution < 1.29 is 14.3 Å². The molecule has 120 valence electrons. The Hall–Kier alpha value is -2.14. The van der Waals surface area contributed by atoms with E-state index in [0.717, 1.165) is 30.6 Å². The van der Waals surface area contributed by atoms with Crippen LogP contribution >= 0.6 is 0 Å². The first-order valence-electron chi connectivity index (χ1n) is 8.22. The molecule has 2 fully saturated rings. The Labute approximate surface area is 134 Å². The van der Waals surface area contributed by atoms with Gasteiger partial charge in [-0.15, -0.1) is 0 Å². The van der Waals surface area contributed by atoms with Crippen molar-refractivity contribution >= 4 is 5.91 Å². The van der Waals surface area contributed by atoms with Crippen LogP contribution in [-0.4, -0.2) is 40.6 Å². The van der Waals surface area contributed by atoms with Crippen LogP contribution in [0.2, 0.25) is 0 Å². The first kappa shape index (κ1) is 14.5. The maximum Gasteiger partial charge on any atom is 0.276 e. The summed E-state index contributed by atoms with van der Waals surface area (Å²) in [6.07, 6.45) is 2.97. The molecule has 2 aliphatic rings. The zero-order chi connectivity index (χ0) is 15.8. The monoisotopic (exact) mass is 312 g/mol. The van der Waals surface area contributed by atoms with Gasteiger partial charge in [-0.2, -0.15) is 0 Å². The number of carbonyl (C=O) groups is 1. The van der Waals surface area contributed by atoms with Crippen LogP contribution in [0, 0.1) is 5.92 Å². The number of oxazole rings is 1. The summed E-state index contributed by atoms with van der Waals surface area (Å²) in [5.41, 5.74) is 1.35. The Bertz CT molecular complexity index is 706. The molecule has 0 bridgehead atoms. The fraction of sp³-hybridized carbons (Fsp3) is 0.444. The highest BCUT2D eigenvalue weighted by Gasteiger charge is 2.37. The number of hydrogen-bond acceptors (Lipinski definition) is 4. The van der Waals surface area contributed by atoms with Crippen LogP contribution in [0.4, 0.5) is 0 Å². The highest BCUT2D eigenvalue weighted by atomic mass is 16.4. The summed E-state index contributed by atoms with van der Waals surface area (Å²) in [4.78, 5) is 19.1. The topological polar surface area (TPSA) is 66.6 Å². The number of aliphatic hydroxyl groups excluding tert-OH is 1. The number of amides is 1. The van der Waals surface area contributed by atoms with Crippen molar-refractivity contribution in [1.82, 2.24) is 9.88 Å². The van der Waals surface area contributed by atoms with Gasteiger partial charge in [0.1, 0.15) is 5.76 Å².